The summed E-state index contributed by atoms with van der Waals surface area (Å²) in [6.45, 7) is 36.4. The van der Waals surface area contributed by atoms with Crippen molar-refractivity contribution >= 4 is 11.9 Å². The van der Waals surface area contributed by atoms with E-state index < -0.39 is 28.1 Å². The number of hydrogen-bond donors (Lipinski definition) is 2. The van der Waals surface area contributed by atoms with Gasteiger partial charge in [0.25, 0.3) is 0 Å². The van der Waals surface area contributed by atoms with E-state index in [0.717, 1.165) is 78.3 Å². The molecule has 2 aromatic carbocycles. The molecule has 0 amide bonds. The fourth-order valence-corrected chi connectivity index (χ4v) is 12.0. The molecule has 438 valence electrons. The van der Waals surface area contributed by atoms with Crippen LogP contribution in [0, 0.1) is 11.8 Å². The van der Waals surface area contributed by atoms with Crippen molar-refractivity contribution in [1.82, 2.24) is 0 Å². The highest BCUT2D eigenvalue weighted by Gasteiger charge is 2.47. The van der Waals surface area contributed by atoms with Crippen molar-refractivity contribution in [2.75, 3.05) is 0 Å². The van der Waals surface area contributed by atoms with Crippen LogP contribution in [0.5, 0.6) is 11.5 Å². The van der Waals surface area contributed by atoms with Crippen molar-refractivity contribution < 1.29 is 24.5 Å². The van der Waals surface area contributed by atoms with Gasteiger partial charge in [-0.25, -0.2) is 0 Å². The lowest BCUT2D eigenvalue weighted by Gasteiger charge is -2.42. The summed E-state index contributed by atoms with van der Waals surface area (Å²) in [5, 5.41) is 23.5. The SMILES string of the molecule is CCCCCCCCCCCCCCCCCCC(C(CCCCCCCC)CCCCCCCCC)C(C)(C(=O)O)c1cc(C(C)(C)C)c(OC(=O)C(C)c2cc(C(C)(C)C)c(O)c(C(C)(C)C)c2)c(C(C)(C)C)c1. The van der Waals surface area contributed by atoms with Crippen LogP contribution in [0.15, 0.2) is 24.3 Å². The van der Waals surface area contributed by atoms with Gasteiger partial charge in [0.2, 0.25) is 0 Å². The van der Waals surface area contributed by atoms with Gasteiger partial charge in [0.05, 0.1) is 11.3 Å². The molecule has 0 saturated carbocycles. The van der Waals surface area contributed by atoms with Crippen molar-refractivity contribution in [2.45, 2.75) is 356 Å². The van der Waals surface area contributed by atoms with Crippen LogP contribution in [0.1, 0.15) is 362 Å². The Balaban J connectivity index is 2.67. The Morgan fingerprint density at radius 2 is 0.724 bits per heavy atom. The number of carboxylic acid groups (broad SMARTS) is 1. The van der Waals surface area contributed by atoms with E-state index in [1.807, 2.05) is 19.1 Å². The van der Waals surface area contributed by atoms with Crippen molar-refractivity contribution in [3.8, 4) is 11.5 Å². The molecule has 4 atom stereocenters. The topological polar surface area (TPSA) is 83.8 Å². The number of aromatic hydroxyl groups is 1. The standard InChI is InChI=1S/C71H124O5/c1-18-21-24-27-30-31-32-33-34-35-36-37-38-40-43-46-49-58(55(47-44-41-29-26-23-20-3)48-45-42-39-28-25-22-19-2)71(17,66(74)75)57-52-61(69(11,12)13)64(62(53-57)70(14,15)16)76-65(73)54(4)56-50-59(67(5,6)7)63(72)60(51-56)68(8,9)10/h50-55,58,72H,18-49H2,1-17H3,(H,74,75). The molecular formula is C71H124O5. The van der Waals surface area contributed by atoms with Gasteiger partial charge in [0.15, 0.2) is 0 Å². The highest BCUT2D eigenvalue weighted by atomic mass is 16.5. The predicted molar refractivity (Wildman–Crippen MR) is 330 cm³/mol. The summed E-state index contributed by atoms with van der Waals surface area (Å²) in [4.78, 5) is 29.4. The number of rotatable bonds is 39. The Hall–Kier alpha value is -2.82. The molecule has 0 aliphatic heterocycles. The number of unbranched alkanes of at least 4 members (excludes halogenated alkanes) is 26. The average Bonchev–Trinajstić information content (AvgIpc) is 3.33. The van der Waals surface area contributed by atoms with E-state index in [1.54, 1.807) is 0 Å². The molecule has 5 heteroatoms. The van der Waals surface area contributed by atoms with Crippen LogP contribution in [0.25, 0.3) is 0 Å². The fraction of sp³-hybridized carbons (Fsp3) is 0.803. The molecule has 5 nitrogen and oxygen atoms in total. The minimum atomic E-state index is -1.15. The summed E-state index contributed by atoms with van der Waals surface area (Å²) in [7, 11) is 0. The van der Waals surface area contributed by atoms with E-state index in [-0.39, 0.29) is 28.5 Å². The van der Waals surface area contributed by atoms with Gasteiger partial charge in [-0.1, -0.05) is 327 Å². The fourth-order valence-electron chi connectivity index (χ4n) is 12.0. The average molecular weight is 1060 g/mol. The lowest BCUT2D eigenvalue weighted by molar-refractivity contribution is -0.147. The largest absolute Gasteiger partial charge is 0.507 e. The molecule has 0 saturated heterocycles. The van der Waals surface area contributed by atoms with E-state index in [0.29, 0.717) is 11.7 Å². The van der Waals surface area contributed by atoms with Crippen LogP contribution >= 0.6 is 0 Å². The number of carboxylic acids is 1. The number of carbonyl (C=O) groups is 2. The van der Waals surface area contributed by atoms with Gasteiger partial charge in [-0.05, 0) is 76.0 Å². The van der Waals surface area contributed by atoms with Gasteiger partial charge >= 0.3 is 11.9 Å². The monoisotopic (exact) mass is 1060 g/mol. The van der Waals surface area contributed by atoms with Crippen molar-refractivity contribution in [2.24, 2.45) is 11.8 Å². The third-order valence-corrected chi connectivity index (χ3v) is 17.3. The summed E-state index contributed by atoms with van der Waals surface area (Å²) >= 11 is 0. The number of hydrogen-bond acceptors (Lipinski definition) is 4. The minimum Gasteiger partial charge on any atom is -0.507 e. The molecule has 0 aromatic heterocycles. The first kappa shape index (κ1) is 69.3. The number of phenols is 1. The van der Waals surface area contributed by atoms with E-state index in [9.17, 15) is 19.8 Å². The van der Waals surface area contributed by atoms with E-state index in [2.05, 4.69) is 123 Å². The smallest absolute Gasteiger partial charge is 0.318 e. The first-order valence-corrected chi connectivity index (χ1v) is 32.2. The molecular weight excluding hydrogens is 933 g/mol. The Morgan fingerprint density at radius 1 is 0.434 bits per heavy atom. The van der Waals surface area contributed by atoms with Crippen LogP contribution in [0.4, 0.5) is 0 Å². The maximum atomic E-state index is 14.8. The Kier molecular flexibility index (Phi) is 31.3. The Bertz CT molecular complexity index is 1860. The molecule has 0 radical (unpaired) electrons. The maximum absolute atomic E-state index is 14.8. The molecule has 0 spiro atoms. The van der Waals surface area contributed by atoms with Crippen LogP contribution in [-0.2, 0) is 36.7 Å². The first-order valence-electron chi connectivity index (χ1n) is 32.2. The normalized spacial score (nSPS) is 14.6. The lowest BCUT2D eigenvalue weighted by atomic mass is 9.61. The molecule has 2 N–H and O–H groups in total. The number of aliphatic carboxylic acids is 1. The molecule has 4 unspecified atom stereocenters. The molecule has 76 heavy (non-hydrogen) atoms. The van der Waals surface area contributed by atoms with Gasteiger partial charge in [0.1, 0.15) is 11.5 Å². The molecule has 2 aromatic rings. The third-order valence-electron chi connectivity index (χ3n) is 17.3. The number of ether oxygens (including phenoxy) is 1. The quantitative estimate of drug-likeness (QED) is 0.0396. The lowest BCUT2D eigenvalue weighted by Crippen LogP contribution is -2.44. The zero-order valence-electron chi connectivity index (χ0n) is 53.3. The van der Waals surface area contributed by atoms with Crippen LogP contribution in [0.2, 0.25) is 0 Å². The van der Waals surface area contributed by atoms with Gasteiger partial charge in [0, 0.05) is 11.1 Å². The zero-order chi connectivity index (χ0) is 57.2. The number of carbonyl (C=O) groups excluding carboxylic acids is 1. The van der Waals surface area contributed by atoms with Crippen LogP contribution < -0.4 is 4.74 Å². The van der Waals surface area contributed by atoms with Gasteiger partial charge in [-0.2, -0.15) is 0 Å². The summed E-state index contributed by atoms with van der Waals surface area (Å²) in [5.74, 6) is -0.608. The summed E-state index contributed by atoms with van der Waals surface area (Å²) in [6, 6.07) is 8.26. The van der Waals surface area contributed by atoms with Gasteiger partial charge < -0.3 is 14.9 Å². The number of esters is 1. The second-order valence-corrected chi connectivity index (χ2v) is 28.4. The van der Waals surface area contributed by atoms with Gasteiger partial charge in [-0.15, -0.1) is 0 Å². The highest BCUT2D eigenvalue weighted by Crippen LogP contribution is 2.50. The zero-order valence-corrected chi connectivity index (χ0v) is 53.3. The van der Waals surface area contributed by atoms with Gasteiger partial charge in [-0.3, -0.25) is 9.59 Å². The van der Waals surface area contributed by atoms with Crippen molar-refractivity contribution in [1.29, 1.82) is 0 Å². The molecule has 0 aliphatic rings. The van der Waals surface area contributed by atoms with Crippen molar-refractivity contribution in [3.63, 3.8) is 0 Å². The second-order valence-electron chi connectivity index (χ2n) is 28.4. The molecule has 0 aliphatic carbocycles. The molecule has 2 rings (SSSR count). The number of phenolic OH excluding ortho intramolecular Hbond substituents is 1. The molecule has 0 fully saturated rings. The maximum Gasteiger partial charge on any atom is 0.318 e. The summed E-state index contributed by atoms with van der Waals surface area (Å²) < 4.78 is 6.77. The third kappa shape index (κ3) is 23.5. The van der Waals surface area contributed by atoms with E-state index >= 15 is 0 Å². The highest BCUT2D eigenvalue weighted by molar-refractivity contribution is 5.84. The molecule has 0 heterocycles. The Morgan fingerprint density at radius 3 is 1.01 bits per heavy atom. The Labute approximate surface area is 471 Å². The van der Waals surface area contributed by atoms with E-state index in [4.69, 9.17) is 4.74 Å². The van der Waals surface area contributed by atoms with Crippen molar-refractivity contribution in [3.05, 3.63) is 57.6 Å². The molecule has 0 bridgehead atoms. The predicted octanol–water partition coefficient (Wildman–Crippen LogP) is 22.4. The summed E-state index contributed by atoms with van der Waals surface area (Å²) in [6.07, 6.45) is 40.4. The number of benzene rings is 2. The first-order chi connectivity index (χ1) is 35.7. The van der Waals surface area contributed by atoms with Crippen LogP contribution in [0.3, 0.4) is 0 Å². The minimum absolute atomic E-state index is 0.0371. The summed E-state index contributed by atoms with van der Waals surface area (Å²) in [5.41, 5.74) is 2.26. The second kappa shape index (κ2) is 34.4. The van der Waals surface area contributed by atoms with Crippen LogP contribution in [-0.4, -0.2) is 22.2 Å². The van der Waals surface area contributed by atoms with E-state index in [1.165, 1.54) is 161 Å².